The third-order valence-corrected chi connectivity index (χ3v) is 4.78. The standard InChI is InChI=1S/C19H19N3O2/c1-13(21-11-10-14-6-2-4-8-16(14)21)19(24)22-12-18(23)20-15-7-3-5-9-17(15)22/h2-9,13H,10-12H2,1H3,(H,20,23). The molecule has 1 unspecified atom stereocenters. The Morgan fingerprint density at radius 3 is 2.62 bits per heavy atom. The van der Waals surface area contributed by atoms with E-state index >= 15 is 0 Å². The zero-order valence-corrected chi connectivity index (χ0v) is 13.5. The van der Waals surface area contributed by atoms with Gasteiger partial charge in [-0.15, -0.1) is 0 Å². The van der Waals surface area contributed by atoms with Crippen LogP contribution in [0, 0.1) is 0 Å². The van der Waals surface area contributed by atoms with Gasteiger partial charge in [-0.1, -0.05) is 30.3 Å². The monoisotopic (exact) mass is 321 g/mol. The Morgan fingerprint density at radius 2 is 1.79 bits per heavy atom. The second-order valence-electron chi connectivity index (χ2n) is 6.24. The summed E-state index contributed by atoms with van der Waals surface area (Å²) in [4.78, 5) is 28.8. The van der Waals surface area contributed by atoms with E-state index in [1.54, 1.807) is 4.90 Å². The summed E-state index contributed by atoms with van der Waals surface area (Å²) in [5.74, 6) is -0.204. The van der Waals surface area contributed by atoms with E-state index in [2.05, 4.69) is 22.3 Å². The first-order valence-electron chi connectivity index (χ1n) is 8.20. The zero-order chi connectivity index (χ0) is 16.7. The highest BCUT2D eigenvalue weighted by atomic mass is 16.2. The van der Waals surface area contributed by atoms with E-state index in [-0.39, 0.29) is 24.4 Å². The van der Waals surface area contributed by atoms with Crippen molar-refractivity contribution >= 4 is 28.9 Å². The van der Waals surface area contributed by atoms with E-state index in [9.17, 15) is 9.59 Å². The molecule has 1 N–H and O–H groups in total. The molecule has 2 heterocycles. The van der Waals surface area contributed by atoms with Crippen LogP contribution in [0.4, 0.5) is 17.1 Å². The SMILES string of the molecule is CC(C(=O)N1CC(=O)Nc2ccccc21)N1CCc2ccccc21. The lowest BCUT2D eigenvalue weighted by Gasteiger charge is -2.34. The van der Waals surface area contributed by atoms with Crippen LogP contribution < -0.4 is 15.1 Å². The molecule has 2 aliphatic heterocycles. The number of nitrogens with one attached hydrogen (secondary N) is 1. The summed E-state index contributed by atoms with van der Waals surface area (Å²) in [7, 11) is 0. The van der Waals surface area contributed by atoms with Gasteiger partial charge in [-0.05, 0) is 37.1 Å². The molecule has 2 aromatic carbocycles. The molecule has 24 heavy (non-hydrogen) atoms. The molecule has 0 aliphatic carbocycles. The zero-order valence-electron chi connectivity index (χ0n) is 13.5. The van der Waals surface area contributed by atoms with Crippen LogP contribution in [0.15, 0.2) is 48.5 Å². The highest BCUT2D eigenvalue weighted by Gasteiger charge is 2.34. The van der Waals surface area contributed by atoms with Gasteiger partial charge in [0, 0.05) is 12.2 Å². The smallest absolute Gasteiger partial charge is 0.249 e. The molecule has 0 saturated heterocycles. The van der Waals surface area contributed by atoms with Gasteiger partial charge in [-0.25, -0.2) is 0 Å². The van der Waals surface area contributed by atoms with Crippen LogP contribution in [0.1, 0.15) is 12.5 Å². The summed E-state index contributed by atoms with van der Waals surface area (Å²) in [6.45, 7) is 2.81. The lowest BCUT2D eigenvalue weighted by Crippen LogP contribution is -2.51. The molecule has 0 aromatic heterocycles. The number of para-hydroxylation sites is 3. The first-order valence-corrected chi connectivity index (χ1v) is 8.20. The molecule has 4 rings (SSSR count). The Bertz CT molecular complexity index is 818. The number of benzene rings is 2. The van der Waals surface area contributed by atoms with Crippen molar-refractivity contribution in [2.24, 2.45) is 0 Å². The lowest BCUT2D eigenvalue weighted by atomic mass is 10.1. The highest BCUT2D eigenvalue weighted by Crippen LogP contribution is 2.33. The fourth-order valence-corrected chi connectivity index (χ4v) is 3.55. The normalized spacial score (nSPS) is 17.1. The molecule has 5 nitrogen and oxygen atoms in total. The van der Waals surface area contributed by atoms with Gasteiger partial charge >= 0.3 is 0 Å². The van der Waals surface area contributed by atoms with Gasteiger partial charge in [0.15, 0.2) is 0 Å². The number of hydrogen-bond acceptors (Lipinski definition) is 3. The van der Waals surface area contributed by atoms with Crippen LogP contribution >= 0.6 is 0 Å². The molecule has 2 aromatic rings. The molecule has 2 amide bonds. The first kappa shape index (κ1) is 14.8. The molecule has 0 radical (unpaired) electrons. The van der Waals surface area contributed by atoms with Gasteiger partial charge in [-0.3, -0.25) is 14.5 Å². The Kier molecular flexibility index (Phi) is 3.49. The van der Waals surface area contributed by atoms with Crippen LogP contribution in [-0.2, 0) is 16.0 Å². The number of carbonyl (C=O) groups is 2. The predicted molar refractivity (Wildman–Crippen MR) is 94.4 cm³/mol. The van der Waals surface area contributed by atoms with E-state index in [0.717, 1.165) is 24.3 Å². The molecule has 0 spiro atoms. The number of amides is 2. The molecule has 2 aliphatic rings. The largest absolute Gasteiger partial charge is 0.359 e. The Labute approximate surface area is 140 Å². The fraction of sp³-hybridized carbons (Fsp3) is 0.263. The van der Waals surface area contributed by atoms with E-state index < -0.39 is 0 Å². The van der Waals surface area contributed by atoms with E-state index in [1.165, 1.54) is 5.56 Å². The van der Waals surface area contributed by atoms with Crippen molar-refractivity contribution in [2.75, 3.05) is 28.2 Å². The maximum Gasteiger partial charge on any atom is 0.249 e. The average molecular weight is 321 g/mol. The molecule has 1 atom stereocenters. The number of anilines is 3. The van der Waals surface area contributed by atoms with Crippen LogP contribution in [0.3, 0.4) is 0 Å². The quantitative estimate of drug-likeness (QED) is 0.924. The molecular formula is C19H19N3O2. The molecule has 122 valence electrons. The molecule has 5 heteroatoms. The van der Waals surface area contributed by atoms with Gasteiger partial charge in [0.2, 0.25) is 11.8 Å². The van der Waals surface area contributed by atoms with Crippen molar-refractivity contribution in [1.29, 1.82) is 0 Å². The van der Waals surface area contributed by atoms with Gasteiger partial charge in [0.05, 0.1) is 11.4 Å². The minimum absolute atomic E-state index is 0.0472. The topological polar surface area (TPSA) is 52.7 Å². The average Bonchev–Trinajstić information content (AvgIpc) is 3.03. The highest BCUT2D eigenvalue weighted by molar-refractivity contribution is 6.11. The summed E-state index contributed by atoms with van der Waals surface area (Å²) in [6, 6.07) is 15.3. The van der Waals surface area contributed by atoms with Crippen LogP contribution in [0.5, 0.6) is 0 Å². The first-order chi connectivity index (χ1) is 11.6. The van der Waals surface area contributed by atoms with Gasteiger partial charge in [-0.2, -0.15) is 0 Å². The summed E-state index contributed by atoms with van der Waals surface area (Å²) >= 11 is 0. The minimum atomic E-state index is -0.312. The van der Waals surface area contributed by atoms with Crippen LogP contribution in [0.25, 0.3) is 0 Å². The number of hydrogen-bond donors (Lipinski definition) is 1. The fourth-order valence-electron chi connectivity index (χ4n) is 3.55. The Hall–Kier alpha value is -2.82. The van der Waals surface area contributed by atoms with Crippen LogP contribution in [0.2, 0.25) is 0 Å². The third kappa shape index (κ3) is 2.33. The second-order valence-corrected chi connectivity index (χ2v) is 6.24. The third-order valence-electron chi connectivity index (χ3n) is 4.78. The summed E-state index contributed by atoms with van der Waals surface area (Å²) < 4.78 is 0. The summed E-state index contributed by atoms with van der Waals surface area (Å²) in [6.07, 6.45) is 0.949. The van der Waals surface area contributed by atoms with Crippen molar-refractivity contribution in [3.63, 3.8) is 0 Å². The Balaban J connectivity index is 1.64. The van der Waals surface area contributed by atoms with Crippen molar-refractivity contribution < 1.29 is 9.59 Å². The van der Waals surface area contributed by atoms with Gasteiger partial charge < -0.3 is 10.2 Å². The number of fused-ring (bicyclic) bond motifs is 2. The lowest BCUT2D eigenvalue weighted by molar-refractivity contribution is -0.122. The second kappa shape index (κ2) is 5.67. The van der Waals surface area contributed by atoms with Gasteiger partial charge in [0.25, 0.3) is 0 Å². The van der Waals surface area contributed by atoms with Crippen LogP contribution in [-0.4, -0.2) is 30.9 Å². The molecule has 0 fully saturated rings. The number of nitrogens with zero attached hydrogens (tertiary/aromatic N) is 2. The summed E-state index contributed by atoms with van der Waals surface area (Å²) in [5, 5.41) is 2.82. The van der Waals surface area contributed by atoms with E-state index in [1.807, 2.05) is 43.3 Å². The van der Waals surface area contributed by atoms with Crippen molar-refractivity contribution in [3.8, 4) is 0 Å². The predicted octanol–water partition coefficient (Wildman–Crippen LogP) is 2.42. The minimum Gasteiger partial charge on any atom is -0.359 e. The molecular weight excluding hydrogens is 302 g/mol. The van der Waals surface area contributed by atoms with E-state index in [0.29, 0.717) is 5.69 Å². The molecule has 0 saturated carbocycles. The maximum absolute atomic E-state index is 13.1. The van der Waals surface area contributed by atoms with Crippen molar-refractivity contribution in [1.82, 2.24) is 0 Å². The van der Waals surface area contributed by atoms with Gasteiger partial charge in [0.1, 0.15) is 12.6 Å². The number of rotatable bonds is 2. The summed E-state index contributed by atoms with van der Waals surface area (Å²) in [5.41, 5.74) is 3.85. The van der Waals surface area contributed by atoms with E-state index in [4.69, 9.17) is 0 Å². The Morgan fingerprint density at radius 1 is 1.08 bits per heavy atom. The van der Waals surface area contributed by atoms with Crippen molar-refractivity contribution in [2.45, 2.75) is 19.4 Å². The number of carbonyl (C=O) groups excluding carboxylic acids is 2. The van der Waals surface area contributed by atoms with Crippen molar-refractivity contribution in [3.05, 3.63) is 54.1 Å². The molecule has 0 bridgehead atoms. The maximum atomic E-state index is 13.1.